The zero-order chi connectivity index (χ0) is 27.2. The van der Waals surface area contributed by atoms with Gasteiger partial charge < -0.3 is 15.2 Å². The molecule has 3 heterocycles. The molecule has 9 nitrogen and oxygen atoms in total. The number of anilines is 1. The molecule has 1 amide bonds. The van der Waals surface area contributed by atoms with Gasteiger partial charge in [-0.3, -0.25) is 9.20 Å². The predicted molar refractivity (Wildman–Crippen MR) is 148 cm³/mol. The van der Waals surface area contributed by atoms with Crippen LogP contribution in [0.3, 0.4) is 0 Å². The van der Waals surface area contributed by atoms with Gasteiger partial charge in [-0.05, 0) is 66.3 Å². The molecule has 0 radical (unpaired) electrons. The lowest BCUT2D eigenvalue weighted by molar-refractivity contribution is 0.102. The molecule has 6 rings (SSSR count). The first-order valence-electron chi connectivity index (χ1n) is 13.3. The second-order valence-corrected chi connectivity index (χ2v) is 11.9. The Morgan fingerprint density at radius 1 is 1.28 bits per heavy atom. The summed E-state index contributed by atoms with van der Waals surface area (Å²) in [5, 5.41) is 24.8. The Morgan fingerprint density at radius 2 is 2.10 bits per heavy atom. The van der Waals surface area contributed by atoms with E-state index in [0.29, 0.717) is 46.3 Å². The fourth-order valence-electron chi connectivity index (χ4n) is 5.83. The summed E-state index contributed by atoms with van der Waals surface area (Å²) in [6.07, 6.45) is 9.83. The Labute approximate surface area is 232 Å². The highest BCUT2D eigenvalue weighted by molar-refractivity contribution is 6.30. The smallest absolute Gasteiger partial charge is 0.259 e. The minimum atomic E-state index is -0.346. The van der Waals surface area contributed by atoms with Gasteiger partial charge in [0.05, 0.1) is 23.2 Å². The third kappa shape index (κ3) is 4.79. The van der Waals surface area contributed by atoms with Crippen LogP contribution in [-0.4, -0.2) is 36.6 Å². The van der Waals surface area contributed by atoms with Gasteiger partial charge in [-0.15, -0.1) is 10.2 Å². The number of nitrogens with one attached hydrogen (secondary N) is 2. The number of imidazole rings is 1. The largest absolute Gasteiger partial charge is 0.322 e. The van der Waals surface area contributed by atoms with Crippen molar-refractivity contribution in [3.05, 3.63) is 76.7 Å². The lowest BCUT2D eigenvalue weighted by Gasteiger charge is -2.46. The Morgan fingerprint density at radius 3 is 2.82 bits per heavy atom. The first-order chi connectivity index (χ1) is 18.8. The minimum absolute atomic E-state index is 0.251. The van der Waals surface area contributed by atoms with Crippen LogP contribution in [0.25, 0.3) is 5.65 Å². The van der Waals surface area contributed by atoms with Gasteiger partial charge >= 0.3 is 0 Å². The lowest BCUT2D eigenvalue weighted by atomic mass is 9.57. The number of hydrogen-bond donors (Lipinski definition) is 2. The number of aromatic nitrogens is 5. The number of carbonyl (C=O) groups excluding carboxylic acids is 1. The molecule has 0 saturated heterocycles. The topological polar surface area (TPSA) is 113 Å². The zero-order valence-corrected chi connectivity index (χ0v) is 22.9. The summed E-state index contributed by atoms with van der Waals surface area (Å²) in [7, 11) is 1.94. The minimum Gasteiger partial charge on any atom is -0.322 e. The van der Waals surface area contributed by atoms with E-state index in [0.717, 1.165) is 36.3 Å². The van der Waals surface area contributed by atoms with Gasteiger partial charge in [0, 0.05) is 38.4 Å². The Balaban J connectivity index is 1.27. The third-order valence-corrected chi connectivity index (χ3v) is 8.59. The summed E-state index contributed by atoms with van der Waals surface area (Å²) in [6, 6.07) is 12.1. The average Bonchev–Trinajstić information content (AvgIpc) is 3.28. The number of fused-ring (bicyclic) bond motifs is 1. The van der Waals surface area contributed by atoms with E-state index in [1.54, 1.807) is 16.9 Å². The van der Waals surface area contributed by atoms with Crippen LogP contribution in [0, 0.1) is 22.7 Å². The number of aryl methyl sites for hydroxylation is 1. The summed E-state index contributed by atoms with van der Waals surface area (Å²) >= 11 is 6.40. The van der Waals surface area contributed by atoms with Gasteiger partial charge in [-0.1, -0.05) is 30.7 Å². The second kappa shape index (κ2) is 9.78. The molecule has 1 aromatic carbocycles. The predicted octanol–water partition coefficient (Wildman–Crippen LogP) is 4.87. The van der Waals surface area contributed by atoms with E-state index in [1.165, 1.54) is 12.8 Å². The SMILES string of the molecule is Cn1cnnc1[C@]1(c2cccc(NC(=O)c3cc(CNCC4(C)CC4)cn4c(Cl)cnc34)c2)C[C@H](CC#N)C1. The molecule has 200 valence electrons. The van der Waals surface area contributed by atoms with Crippen molar-refractivity contribution in [1.29, 1.82) is 5.26 Å². The van der Waals surface area contributed by atoms with Crippen LogP contribution in [0.2, 0.25) is 5.15 Å². The van der Waals surface area contributed by atoms with Crippen LogP contribution in [0.5, 0.6) is 0 Å². The van der Waals surface area contributed by atoms with Crippen molar-refractivity contribution in [3.63, 3.8) is 0 Å². The molecule has 0 atom stereocenters. The van der Waals surface area contributed by atoms with Gasteiger partial charge in [0.15, 0.2) is 5.65 Å². The Bertz CT molecular complexity index is 1590. The van der Waals surface area contributed by atoms with Crippen LogP contribution in [-0.2, 0) is 19.0 Å². The van der Waals surface area contributed by atoms with Crippen molar-refractivity contribution in [1.82, 2.24) is 29.5 Å². The first kappa shape index (κ1) is 25.5. The Hall–Kier alpha value is -3.74. The van der Waals surface area contributed by atoms with Crippen molar-refractivity contribution in [3.8, 4) is 6.07 Å². The first-order valence-corrected chi connectivity index (χ1v) is 13.7. The molecular weight excluding hydrogens is 512 g/mol. The molecule has 0 spiro atoms. The van der Waals surface area contributed by atoms with E-state index < -0.39 is 0 Å². The van der Waals surface area contributed by atoms with E-state index in [2.05, 4.69) is 44.9 Å². The van der Waals surface area contributed by atoms with E-state index in [-0.39, 0.29) is 11.3 Å². The highest BCUT2D eigenvalue weighted by Crippen LogP contribution is 2.53. The van der Waals surface area contributed by atoms with E-state index in [1.807, 2.05) is 42.1 Å². The van der Waals surface area contributed by atoms with Crippen LogP contribution in [0.1, 0.15) is 66.3 Å². The number of nitriles is 1. The Kier molecular flexibility index (Phi) is 6.40. The molecule has 2 aliphatic rings. The molecule has 3 aromatic heterocycles. The summed E-state index contributed by atoms with van der Waals surface area (Å²) in [4.78, 5) is 18.0. The summed E-state index contributed by atoms with van der Waals surface area (Å²) in [5.41, 5.74) is 3.71. The lowest BCUT2D eigenvalue weighted by Crippen LogP contribution is -2.44. The number of halogens is 1. The van der Waals surface area contributed by atoms with Crippen LogP contribution in [0.4, 0.5) is 5.69 Å². The average molecular weight is 543 g/mol. The van der Waals surface area contributed by atoms with E-state index in [9.17, 15) is 10.1 Å². The van der Waals surface area contributed by atoms with Crippen LogP contribution < -0.4 is 10.6 Å². The second-order valence-electron chi connectivity index (χ2n) is 11.5. The molecule has 2 aliphatic carbocycles. The number of pyridine rings is 1. The normalized spacial score (nSPS) is 21.3. The maximum atomic E-state index is 13.6. The quantitative estimate of drug-likeness (QED) is 0.312. The summed E-state index contributed by atoms with van der Waals surface area (Å²) in [5.74, 6) is 0.926. The zero-order valence-electron chi connectivity index (χ0n) is 22.1. The van der Waals surface area contributed by atoms with Crippen molar-refractivity contribution in [2.75, 3.05) is 11.9 Å². The van der Waals surface area contributed by atoms with Crippen LogP contribution >= 0.6 is 11.6 Å². The number of hydrogen-bond acceptors (Lipinski definition) is 6. The fourth-order valence-corrected chi connectivity index (χ4v) is 6.01. The van der Waals surface area contributed by atoms with Gasteiger partial charge in [-0.25, -0.2) is 4.98 Å². The van der Waals surface area contributed by atoms with Crippen molar-refractivity contribution in [2.24, 2.45) is 18.4 Å². The maximum absolute atomic E-state index is 13.6. The van der Waals surface area contributed by atoms with Crippen LogP contribution in [0.15, 0.2) is 49.1 Å². The standard InChI is InChI=1S/C29H31ClN8O/c1-28(7-8-28)17-32-14-20-10-23(25-33-15-24(30)38(25)16-20)26(39)35-22-5-3-4-21(11-22)29(12-19(13-29)6-9-31)27-36-34-18-37(27)2/h3-5,10-11,15-16,18-19,32H,6-8,12-14,17H2,1-2H3,(H,35,39)/t19-,29+. The number of benzene rings is 1. The van der Waals surface area contributed by atoms with Gasteiger partial charge in [-0.2, -0.15) is 5.26 Å². The third-order valence-electron chi connectivity index (χ3n) is 8.31. The molecule has 0 aliphatic heterocycles. The summed E-state index contributed by atoms with van der Waals surface area (Å²) < 4.78 is 3.70. The fraction of sp³-hybridized carbons (Fsp3) is 0.414. The molecule has 2 N–H and O–H groups in total. The van der Waals surface area contributed by atoms with Crippen molar-refractivity contribution < 1.29 is 4.79 Å². The molecule has 0 unspecified atom stereocenters. The van der Waals surface area contributed by atoms with E-state index >= 15 is 0 Å². The molecular formula is C29H31ClN8O. The highest BCUT2D eigenvalue weighted by atomic mass is 35.5. The molecule has 4 aromatic rings. The van der Waals surface area contributed by atoms with E-state index in [4.69, 9.17) is 11.6 Å². The molecule has 10 heteroatoms. The van der Waals surface area contributed by atoms with Gasteiger partial charge in [0.25, 0.3) is 5.91 Å². The summed E-state index contributed by atoms with van der Waals surface area (Å²) in [6.45, 7) is 3.87. The highest BCUT2D eigenvalue weighted by Gasteiger charge is 2.49. The maximum Gasteiger partial charge on any atom is 0.259 e. The monoisotopic (exact) mass is 542 g/mol. The van der Waals surface area contributed by atoms with Crippen molar-refractivity contribution in [2.45, 2.75) is 51.0 Å². The van der Waals surface area contributed by atoms with Gasteiger partial charge in [0.1, 0.15) is 17.3 Å². The molecule has 0 bridgehead atoms. The van der Waals surface area contributed by atoms with Crippen molar-refractivity contribution >= 4 is 28.8 Å². The van der Waals surface area contributed by atoms with Gasteiger partial charge in [0.2, 0.25) is 0 Å². The number of nitrogens with zero attached hydrogens (tertiary/aromatic N) is 6. The number of amides is 1. The molecule has 2 saturated carbocycles. The number of carbonyl (C=O) groups is 1. The number of rotatable bonds is 9. The molecule has 39 heavy (non-hydrogen) atoms. The molecule has 2 fully saturated rings.